The molecule has 0 saturated carbocycles. The number of carbonyl (C=O) groups excluding carboxylic acids is 1. The van der Waals surface area contributed by atoms with Crippen LogP contribution in [0.25, 0.3) is 10.8 Å². The lowest BCUT2D eigenvalue weighted by atomic mass is 9.85. The lowest BCUT2D eigenvalue weighted by Gasteiger charge is -2.42. The van der Waals surface area contributed by atoms with Gasteiger partial charge < -0.3 is 9.64 Å². The van der Waals surface area contributed by atoms with Crippen molar-refractivity contribution in [2.75, 3.05) is 13.7 Å². The lowest BCUT2D eigenvalue weighted by molar-refractivity contribution is -0.138. The number of amides is 1. The summed E-state index contributed by atoms with van der Waals surface area (Å²) in [6, 6.07) is 33.1. The van der Waals surface area contributed by atoms with E-state index < -0.39 is 6.04 Å². The summed E-state index contributed by atoms with van der Waals surface area (Å²) in [6.07, 6.45) is 2.51. The van der Waals surface area contributed by atoms with Crippen molar-refractivity contribution in [3.63, 3.8) is 0 Å². The molecule has 0 N–H and O–H groups in total. The van der Waals surface area contributed by atoms with Crippen LogP contribution in [0.3, 0.4) is 0 Å². The van der Waals surface area contributed by atoms with Gasteiger partial charge in [-0.2, -0.15) is 0 Å². The van der Waals surface area contributed by atoms with Gasteiger partial charge in [0.1, 0.15) is 5.82 Å². The molecule has 2 heterocycles. The normalized spacial score (nSPS) is 15.6. The van der Waals surface area contributed by atoms with Gasteiger partial charge >= 0.3 is 0 Å². The number of halogens is 1. The highest BCUT2D eigenvalue weighted by Gasteiger charge is 2.37. The maximum Gasteiger partial charge on any atom is 0.240 e. The summed E-state index contributed by atoms with van der Waals surface area (Å²) in [5.74, 6) is 0.0485. The molecule has 1 aliphatic heterocycles. The van der Waals surface area contributed by atoms with Gasteiger partial charge in [0, 0.05) is 30.4 Å². The lowest BCUT2D eigenvalue weighted by Crippen LogP contribution is -2.50. The second kappa shape index (κ2) is 12.1. The number of carbonyl (C=O) groups is 1. The fourth-order valence-corrected chi connectivity index (χ4v) is 6.22. The first kappa shape index (κ1) is 27.6. The zero-order valence-electron chi connectivity index (χ0n) is 23.9. The zero-order valence-corrected chi connectivity index (χ0v) is 23.9. The Labute approximate surface area is 246 Å². The minimum absolute atomic E-state index is 0.0752. The summed E-state index contributed by atoms with van der Waals surface area (Å²) in [7, 11) is 1.57. The third-order valence-corrected chi connectivity index (χ3v) is 8.33. The summed E-state index contributed by atoms with van der Waals surface area (Å²) < 4.78 is 20.4. The average molecular weight is 560 g/mol. The van der Waals surface area contributed by atoms with Crippen LogP contribution in [0.5, 0.6) is 5.88 Å². The number of pyridine rings is 1. The molecule has 5 aromatic rings. The smallest absolute Gasteiger partial charge is 0.240 e. The molecule has 0 radical (unpaired) electrons. The van der Waals surface area contributed by atoms with Crippen LogP contribution in [0.15, 0.2) is 109 Å². The van der Waals surface area contributed by atoms with Gasteiger partial charge in [-0.25, -0.2) is 9.37 Å². The second-order valence-corrected chi connectivity index (χ2v) is 10.8. The van der Waals surface area contributed by atoms with Gasteiger partial charge in [-0.05, 0) is 52.9 Å². The molecule has 0 bridgehead atoms. The number of fused-ring (bicyclic) bond motifs is 2. The largest absolute Gasteiger partial charge is 0.481 e. The molecular weight excluding hydrogens is 525 g/mol. The van der Waals surface area contributed by atoms with E-state index in [1.54, 1.807) is 36.4 Å². The maximum absolute atomic E-state index is 14.9. The Morgan fingerprint density at radius 3 is 2.45 bits per heavy atom. The van der Waals surface area contributed by atoms with Gasteiger partial charge in [-0.1, -0.05) is 91.0 Å². The Bertz CT molecular complexity index is 1720. The minimum atomic E-state index is -0.475. The molecule has 2 atom stereocenters. The van der Waals surface area contributed by atoms with Crippen molar-refractivity contribution in [2.24, 2.45) is 0 Å². The van der Waals surface area contributed by atoms with Crippen molar-refractivity contribution in [3.8, 4) is 5.88 Å². The maximum atomic E-state index is 14.9. The van der Waals surface area contributed by atoms with Crippen LogP contribution >= 0.6 is 0 Å². The monoisotopic (exact) mass is 559 g/mol. The number of methoxy groups -OCH3 is 1. The highest BCUT2D eigenvalue weighted by molar-refractivity contribution is 5.87. The van der Waals surface area contributed by atoms with Crippen LogP contribution in [0.1, 0.15) is 40.8 Å². The molecule has 1 amide bonds. The van der Waals surface area contributed by atoms with Crippen molar-refractivity contribution < 1.29 is 13.9 Å². The molecule has 1 aromatic heterocycles. The molecule has 1 aliphatic rings. The van der Waals surface area contributed by atoms with Crippen LogP contribution in [-0.2, 0) is 24.3 Å². The average Bonchev–Trinajstić information content (AvgIpc) is 3.04. The van der Waals surface area contributed by atoms with Crippen molar-refractivity contribution in [3.05, 3.63) is 143 Å². The Morgan fingerprint density at radius 2 is 1.60 bits per heavy atom. The summed E-state index contributed by atoms with van der Waals surface area (Å²) in [5.41, 5.74) is 4.93. The standard InChI is InChI=1S/C36H34FN3O2/c1-25(36(41)39(23-28-13-5-8-19-33(28)37)24-29-15-10-21-38-35(29)42-2)40-22-20-27-12-4-7-17-31(27)34(40)32-18-9-14-26-11-3-6-16-30(26)32/h3-19,21,25,34H,20,22-24H2,1-2H3/t25-,34+/m0/s1. The number of rotatable bonds is 8. The van der Waals surface area contributed by atoms with Crippen molar-refractivity contribution in [2.45, 2.75) is 38.5 Å². The fraction of sp³-hybridized carbons (Fsp3) is 0.222. The van der Waals surface area contributed by atoms with E-state index in [-0.39, 0.29) is 30.9 Å². The Kier molecular flexibility index (Phi) is 7.97. The van der Waals surface area contributed by atoms with E-state index in [0.29, 0.717) is 11.4 Å². The predicted molar refractivity (Wildman–Crippen MR) is 164 cm³/mol. The third kappa shape index (κ3) is 5.38. The Hall–Kier alpha value is -4.55. The van der Waals surface area contributed by atoms with Crippen LogP contribution in [0.2, 0.25) is 0 Å². The Balaban J connectivity index is 1.40. The SMILES string of the molecule is COc1ncccc1CN(Cc1ccccc1F)C(=O)[C@H](C)N1CCc2ccccc2[C@@H]1c1cccc2ccccc12. The van der Waals surface area contributed by atoms with Crippen LogP contribution in [-0.4, -0.2) is 40.4 Å². The number of aromatic nitrogens is 1. The third-order valence-electron chi connectivity index (χ3n) is 8.33. The first-order valence-corrected chi connectivity index (χ1v) is 14.4. The topological polar surface area (TPSA) is 45.7 Å². The van der Waals surface area contributed by atoms with Gasteiger partial charge in [-0.3, -0.25) is 9.69 Å². The Morgan fingerprint density at radius 1 is 0.905 bits per heavy atom. The van der Waals surface area contributed by atoms with Crippen LogP contribution < -0.4 is 4.74 Å². The predicted octanol–water partition coefficient (Wildman–Crippen LogP) is 6.95. The van der Waals surface area contributed by atoms with E-state index in [0.717, 1.165) is 18.5 Å². The molecule has 212 valence electrons. The molecule has 4 aromatic carbocycles. The number of benzene rings is 4. The van der Waals surface area contributed by atoms with Crippen LogP contribution in [0, 0.1) is 5.82 Å². The van der Waals surface area contributed by atoms with Crippen molar-refractivity contribution >= 4 is 16.7 Å². The molecule has 6 rings (SSSR count). The fourth-order valence-electron chi connectivity index (χ4n) is 6.22. The number of nitrogens with zero attached hydrogens (tertiary/aromatic N) is 3. The highest BCUT2D eigenvalue weighted by Crippen LogP contribution is 2.39. The van der Waals surface area contributed by atoms with E-state index in [4.69, 9.17) is 4.74 Å². The minimum Gasteiger partial charge on any atom is -0.481 e. The van der Waals surface area contributed by atoms with Crippen molar-refractivity contribution in [1.82, 2.24) is 14.8 Å². The molecule has 0 unspecified atom stereocenters. The molecule has 0 saturated heterocycles. The summed E-state index contributed by atoms with van der Waals surface area (Å²) in [4.78, 5) is 22.9. The van der Waals surface area contributed by atoms with E-state index in [2.05, 4.69) is 76.6 Å². The summed E-state index contributed by atoms with van der Waals surface area (Å²) in [6.45, 7) is 3.08. The first-order valence-electron chi connectivity index (χ1n) is 14.4. The van der Waals surface area contributed by atoms with Gasteiger partial charge in [0.15, 0.2) is 0 Å². The molecule has 0 spiro atoms. The molecule has 5 nitrogen and oxygen atoms in total. The van der Waals surface area contributed by atoms with E-state index in [9.17, 15) is 9.18 Å². The number of hydrogen-bond acceptors (Lipinski definition) is 4. The molecule has 6 heteroatoms. The zero-order chi connectivity index (χ0) is 29.1. The summed E-state index contributed by atoms with van der Waals surface area (Å²) in [5, 5.41) is 2.34. The molecule has 0 aliphatic carbocycles. The molecule has 0 fully saturated rings. The van der Waals surface area contributed by atoms with E-state index >= 15 is 0 Å². The van der Waals surface area contributed by atoms with E-state index in [1.165, 1.54) is 33.5 Å². The quantitative estimate of drug-likeness (QED) is 0.206. The number of hydrogen-bond donors (Lipinski definition) is 0. The summed E-state index contributed by atoms with van der Waals surface area (Å²) >= 11 is 0. The van der Waals surface area contributed by atoms with E-state index in [1.807, 2.05) is 19.1 Å². The van der Waals surface area contributed by atoms with Gasteiger partial charge in [0.05, 0.1) is 25.7 Å². The van der Waals surface area contributed by atoms with Gasteiger partial charge in [0.25, 0.3) is 0 Å². The van der Waals surface area contributed by atoms with Gasteiger partial charge in [0.2, 0.25) is 11.8 Å². The molecule has 42 heavy (non-hydrogen) atoms. The number of ether oxygens (including phenoxy) is 1. The van der Waals surface area contributed by atoms with Gasteiger partial charge in [-0.15, -0.1) is 0 Å². The second-order valence-electron chi connectivity index (χ2n) is 10.8. The molecular formula is C36H34FN3O2. The first-order chi connectivity index (χ1) is 20.5. The van der Waals surface area contributed by atoms with Crippen LogP contribution in [0.4, 0.5) is 4.39 Å². The highest BCUT2D eigenvalue weighted by atomic mass is 19.1. The van der Waals surface area contributed by atoms with Crippen molar-refractivity contribution in [1.29, 1.82) is 0 Å².